The monoisotopic (exact) mass is 352 g/mol. The Balaban J connectivity index is 1.80. The van der Waals surface area contributed by atoms with Crippen LogP contribution in [-0.2, 0) is 6.54 Å². The molecule has 0 spiro atoms. The molecule has 6 heteroatoms. The average molecular weight is 352 g/mol. The minimum Gasteiger partial charge on any atom is -0.495 e. The van der Waals surface area contributed by atoms with Gasteiger partial charge in [0.25, 0.3) is 0 Å². The molecule has 0 bridgehead atoms. The number of aromatic nitrogens is 2. The number of halogens is 1. The van der Waals surface area contributed by atoms with E-state index in [1.807, 2.05) is 38.1 Å². The van der Waals surface area contributed by atoms with Gasteiger partial charge in [-0.05, 0) is 37.6 Å². The normalized spacial score (nSPS) is 10.5. The summed E-state index contributed by atoms with van der Waals surface area (Å²) in [7, 11) is 1.63. The fourth-order valence-electron chi connectivity index (χ4n) is 2.59. The molecule has 0 aliphatic heterocycles. The number of hydrogen-bond donors (Lipinski definition) is 2. The van der Waals surface area contributed by atoms with Gasteiger partial charge in [-0.1, -0.05) is 24.3 Å². The van der Waals surface area contributed by atoms with E-state index >= 15 is 0 Å². The molecule has 0 saturated carbocycles. The Labute approximate surface area is 152 Å². The van der Waals surface area contributed by atoms with Crippen molar-refractivity contribution in [2.45, 2.75) is 20.4 Å². The number of rotatable bonds is 6. The highest BCUT2D eigenvalue weighted by Crippen LogP contribution is 2.28. The summed E-state index contributed by atoms with van der Waals surface area (Å²) in [5.74, 6) is 1.54. The minimum absolute atomic E-state index is 0.254. The third-order valence-corrected chi connectivity index (χ3v) is 3.87. The maximum Gasteiger partial charge on any atom is 0.225 e. The maximum atomic E-state index is 13.8. The van der Waals surface area contributed by atoms with Crippen molar-refractivity contribution in [2.75, 3.05) is 17.7 Å². The molecule has 3 rings (SSSR count). The summed E-state index contributed by atoms with van der Waals surface area (Å²) in [6.45, 7) is 4.20. The van der Waals surface area contributed by atoms with E-state index in [1.165, 1.54) is 6.07 Å². The second kappa shape index (κ2) is 7.82. The van der Waals surface area contributed by atoms with Gasteiger partial charge < -0.3 is 15.4 Å². The molecule has 0 unspecified atom stereocenters. The van der Waals surface area contributed by atoms with Crippen LogP contribution >= 0.6 is 0 Å². The smallest absolute Gasteiger partial charge is 0.225 e. The molecule has 3 aromatic rings. The summed E-state index contributed by atoms with van der Waals surface area (Å²) in [4.78, 5) is 8.83. The van der Waals surface area contributed by atoms with Gasteiger partial charge in [0.1, 0.15) is 17.4 Å². The molecule has 0 amide bonds. The van der Waals surface area contributed by atoms with Crippen molar-refractivity contribution in [1.29, 1.82) is 0 Å². The Morgan fingerprint density at radius 2 is 1.85 bits per heavy atom. The average Bonchev–Trinajstić information content (AvgIpc) is 2.61. The quantitative estimate of drug-likeness (QED) is 0.679. The van der Waals surface area contributed by atoms with Crippen LogP contribution in [0.4, 0.5) is 21.8 Å². The zero-order valence-electron chi connectivity index (χ0n) is 15.0. The molecule has 1 aromatic heterocycles. The van der Waals surface area contributed by atoms with Crippen LogP contribution in [0.25, 0.3) is 0 Å². The van der Waals surface area contributed by atoms with Crippen LogP contribution in [0.3, 0.4) is 0 Å². The fraction of sp³-hybridized carbons (Fsp3) is 0.200. The van der Waals surface area contributed by atoms with E-state index in [0.29, 0.717) is 23.9 Å². The summed E-state index contributed by atoms with van der Waals surface area (Å²) < 4.78 is 19.1. The fourth-order valence-corrected chi connectivity index (χ4v) is 2.59. The van der Waals surface area contributed by atoms with Crippen molar-refractivity contribution in [3.63, 3.8) is 0 Å². The van der Waals surface area contributed by atoms with E-state index in [-0.39, 0.29) is 5.82 Å². The van der Waals surface area contributed by atoms with Crippen molar-refractivity contribution in [1.82, 2.24) is 9.97 Å². The van der Waals surface area contributed by atoms with Crippen LogP contribution in [0.15, 0.2) is 48.5 Å². The van der Waals surface area contributed by atoms with Crippen molar-refractivity contribution >= 4 is 17.5 Å². The van der Waals surface area contributed by atoms with Crippen molar-refractivity contribution in [3.05, 3.63) is 71.2 Å². The van der Waals surface area contributed by atoms with Gasteiger partial charge in [-0.15, -0.1) is 0 Å². The van der Waals surface area contributed by atoms with E-state index < -0.39 is 0 Å². The van der Waals surface area contributed by atoms with Gasteiger partial charge in [0, 0.05) is 23.9 Å². The number of aryl methyl sites for hydroxylation is 2. The first-order valence-corrected chi connectivity index (χ1v) is 8.30. The van der Waals surface area contributed by atoms with Crippen LogP contribution in [0, 0.1) is 19.7 Å². The zero-order valence-corrected chi connectivity index (χ0v) is 15.0. The predicted octanol–water partition coefficient (Wildman–Crippen LogP) is 4.60. The molecular formula is C20H21FN4O. The highest BCUT2D eigenvalue weighted by atomic mass is 19.1. The number of anilines is 3. The lowest BCUT2D eigenvalue weighted by molar-refractivity contribution is 0.416. The molecule has 134 valence electrons. The summed E-state index contributed by atoms with van der Waals surface area (Å²) in [5, 5.41) is 6.34. The molecule has 5 nitrogen and oxygen atoms in total. The first kappa shape index (κ1) is 17.7. The second-order valence-corrected chi connectivity index (χ2v) is 5.99. The Morgan fingerprint density at radius 1 is 1.04 bits per heavy atom. The van der Waals surface area contributed by atoms with Gasteiger partial charge in [-0.2, -0.15) is 4.98 Å². The van der Waals surface area contributed by atoms with Gasteiger partial charge >= 0.3 is 0 Å². The predicted molar refractivity (Wildman–Crippen MR) is 102 cm³/mol. The van der Waals surface area contributed by atoms with Gasteiger partial charge in [-0.3, -0.25) is 0 Å². The largest absolute Gasteiger partial charge is 0.495 e. The number of methoxy groups -OCH3 is 1. The van der Waals surface area contributed by atoms with Gasteiger partial charge in [0.2, 0.25) is 5.95 Å². The maximum absolute atomic E-state index is 13.8. The van der Waals surface area contributed by atoms with E-state index in [4.69, 9.17) is 4.74 Å². The lowest BCUT2D eigenvalue weighted by Gasteiger charge is -2.13. The zero-order chi connectivity index (χ0) is 18.5. The lowest BCUT2D eigenvalue weighted by Crippen LogP contribution is -2.07. The van der Waals surface area contributed by atoms with Crippen LogP contribution in [0.5, 0.6) is 5.75 Å². The second-order valence-electron chi connectivity index (χ2n) is 5.99. The first-order chi connectivity index (χ1) is 12.5. The Hall–Kier alpha value is -3.15. The summed E-state index contributed by atoms with van der Waals surface area (Å²) in [6, 6.07) is 14.4. The molecule has 2 N–H and O–H groups in total. The Morgan fingerprint density at radius 3 is 2.62 bits per heavy atom. The molecule has 26 heavy (non-hydrogen) atoms. The summed E-state index contributed by atoms with van der Waals surface area (Å²) in [6.07, 6.45) is 0. The number of nitrogens with one attached hydrogen (secondary N) is 2. The number of hydrogen-bond acceptors (Lipinski definition) is 5. The molecule has 0 saturated heterocycles. The van der Waals surface area contributed by atoms with Crippen LogP contribution < -0.4 is 15.4 Å². The molecule has 0 radical (unpaired) electrons. The van der Waals surface area contributed by atoms with Crippen LogP contribution in [0.2, 0.25) is 0 Å². The van der Waals surface area contributed by atoms with Crippen molar-refractivity contribution in [2.24, 2.45) is 0 Å². The molecule has 2 aromatic carbocycles. The SMILES string of the molecule is COc1ccc(C)cc1Nc1cc(C)nc(NCc2ccccc2F)n1. The molecule has 0 aliphatic rings. The van der Waals surface area contributed by atoms with Crippen LogP contribution in [0.1, 0.15) is 16.8 Å². The standard InChI is InChI=1S/C20H21FN4O/c1-13-8-9-18(26-3)17(10-13)24-19-11-14(2)23-20(25-19)22-12-15-6-4-5-7-16(15)21/h4-11H,12H2,1-3H3,(H2,22,23,24,25). The summed E-state index contributed by atoms with van der Waals surface area (Å²) >= 11 is 0. The Bertz CT molecular complexity index is 914. The topological polar surface area (TPSA) is 59.1 Å². The van der Waals surface area contributed by atoms with Crippen molar-refractivity contribution < 1.29 is 9.13 Å². The molecule has 0 aliphatic carbocycles. The van der Waals surface area contributed by atoms with Gasteiger partial charge in [0.15, 0.2) is 0 Å². The van der Waals surface area contributed by atoms with Gasteiger partial charge in [-0.25, -0.2) is 9.37 Å². The molecule has 0 atom stereocenters. The number of benzene rings is 2. The van der Waals surface area contributed by atoms with Gasteiger partial charge in [0.05, 0.1) is 12.8 Å². The highest BCUT2D eigenvalue weighted by Gasteiger charge is 2.08. The Kier molecular flexibility index (Phi) is 5.31. The minimum atomic E-state index is -0.254. The van der Waals surface area contributed by atoms with E-state index in [2.05, 4.69) is 20.6 Å². The van der Waals surface area contributed by atoms with E-state index in [1.54, 1.807) is 25.3 Å². The highest BCUT2D eigenvalue weighted by molar-refractivity contribution is 5.65. The number of ether oxygens (including phenoxy) is 1. The first-order valence-electron chi connectivity index (χ1n) is 8.30. The van der Waals surface area contributed by atoms with E-state index in [9.17, 15) is 4.39 Å². The third kappa shape index (κ3) is 4.27. The molecule has 1 heterocycles. The molecular weight excluding hydrogens is 331 g/mol. The third-order valence-electron chi connectivity index (χ3n) is 3.87. The lowest BCUT2D eigenvalue weighted by atomic mass is 10.2. The van der Waals surface area contributed by atoms with E-state index in [0.717, 1.165) is 22.7 Å². The van der Waals surface area contributed by atoms with Crippen molar-refractivity contribution in [3.8, 4) is 5.75 Å². The summed E-state index contributed by atoms with van der Waals surface area (Å²) in [5.41, 5.74) is 3.29. The van der Waals surface area contributed by atoms with Crippen LogP contribution in [-0.4, -0.2) is 17.1 Å². The molecule has 0 fully saturated rings. The number of nitrogens with zero attached hydrogens (tertiary/aromatic N) is 2.